The maximum absolute atomic E-state index is 6.20. The lowest BCUT2D eigenvalue weighted by Gasteiger charge is -2.15. The van der Waals surface area contributed by atoms with Crippen molar-refractivity contribution in [3.63, 3.8) is 0 Å². The van der Waals surface area contributed by atoms with Gasteiger partial charge in [-0.05, 0) is 50.1 Å². The van der Waals surface area contributed by atoms with E-state index in [2.05, 4.69) is 69.4 Å². The lowest BCUT2D eigenvalue weighted by atomic mass is 10.0. The van der Waals surface area contributed by atoms with E-state index in [1.165, 1.54) is 16.7 Å². The smallest absolute Gasteiger partial charge is 0.131 e. The molecule has 112 valence electrons. The van der Waals surface area contributed by atoms with Crippen LogP contribution in [0.5, 0.6) is 11.5 Å². The van der Waals surface area contributed by atoms with Crippen molar-refractivity contribution in [2.24, 2.45) is 0 Å². The second-order valence-electron chi connectivity index (χ2n) is 5.92. The topological polar surface area (TPSA) is 21.3 Å². The van der Waals surface area contributed by atoms with E-state index in [4.69, 9.17) is 4.74 Å². The number of ether oxygens (including phenoxy) is 1. The first-order chi connectivity index (χ1) is 10.0. The Bertz CT molecular complexity index is 617. The molecule has 0 bridgehead atoms. The molecule has 0 amide bonds. The van der Waals surface area contributed by atoms with Crippen molar-refractivity contribution in [1.82, 2.24) is 5.32 Å². The molecule has 0 fully saturated rings. The summed E-state index contributed by atoms with van der Waals surface area (Å²) in [7, 11) is 1.96. The third-order valence-corrected chi connectivity index (χ3v) is 3.68. The van der Waals surface area contributed by atoms with Gasteiger partial charge in [-0.2, -0.15) is 0 Å². The first kappa shape index (κ1) is 15.6. The highest BCUT2D eigenvalue weighted by molar-refractivity contribution is 5.44. The summed E-state index contributed by atoms with van der Waals surface area (Å²) in [6.07, 6.45) is 0. The van der Waals surface area contributed by atoms with Crippen molar-refractivity contribution < 1.29 is 4.74 Å². The summed E-state index contributed by atoms with van der Waals surface area (Å²) in [5.74, 6) is 2.38. The van der Waals surface area contributed by atoms with Gasteiger partial charge in [-0.1, -0.05) is 43.7 Å². The van der Waals surface area contributed by atoms with Crippen LogP contribution in [0.1, 0.15) is 42.0 Å². The zero-order valence-electron chi connectivity index (χ0n) is 13.7. The molecule has 0 saturated heterocycles. The summed E-state index contributed by atoms with van der Waals surface area (Å²) in [5, 5.41) is 3.20. The van der Waals surface area contributed by atoms with Crippen LogP contribution in [0, 0.1) is 13.8 Å². The van der Waals surface area contributed by atoms with E-state index in [0.717, 1.165) is 23.6 Å². The molecular weight excluding hydrogens is 258 g/mol. The molecule has 2 heteroatoms. The number of hydrogen-bond acceptors (Lipinski definition) is 2. The molecule has 1 N–H and O–H groups in total. The van der Waals surface area contributed by atoms with E-state index in [1.54, 1.807) is 0 Å². The van der Waals surface area contributed by atoms with Gasteiger partial charge < -0.3 is 10.1 Å². The second-order valence-corrected chi connectivity index (χ2v) is 5.92. The number of nitrogens with one attached hydrogen (secondary N) is 1. The van der Waals surface area contributed by atoms with Crippen LogP contribution < -0.4 is 10.1 Å². The average Bonchev–Trinajstić information content (AvgIpc) is 2.44. The fourth-order valence-electron chi connectivity index (χ4n) is 2.34. The molecule has 0 heterocycles. The molecule has 0 aromatic heterocycles. The van der Waals surface area contributed by atoms with E-state index >= 15 is 0 Å². The molecule has 2 nitrogen and oxygen atoms in total. The first-order valence-electron chi connectivity index (χ1n) is 7.53. The predicted octanol–water partition coefficient (Wildman–Crippen LogP) is 4.94. The Hall–Kier alpha value is -1.80. The second kappa shape index (κ2) is 6.77. The summed E-state index contributed by atoms with van der Waals surface area (Å²) < 4.78 is 6.20. The highest BCUT2D eigenvalue weighted by Gasteiger charge is 2.09. The van der Waals surface area contributed by atoms with Crippen molar-refractivity contribution in [3.8, 4) is 11.5 Å². The molecule has 0 saturated carbocycles. The van der Waals surface area contributed by atoms with Crippen LogP contribution >= 0.6 is 0 Å². The lowest BCUT2D eigenvalue weighted by Crippen LogP contribution is -2.07. The Kier molecular flexibility index (Phi) is 5.03. The molecule has 0 aliphatic heterocycles. The summed E-state index contributed by atoms with van der Waals surface area (Å²) in [6, 6.07) is 12.8. The standard InChI is InChI=1S/C19H25NO/c1-13(2)16-8-7-15(4)19(11-16)21-18-9-6-14(3)10-17(18)12-20-5/h6-11,13,20H,12H2,1-5H3. The van der Waals surface area contributed by atoms with Gasteiger partial charge in [0.2, 0.25) is 0 Å². The number of rotatable bonds is 5. The molecule has 2 aromatic carbocycles. The molecule has 2 rings (SSSR count). The molecule has 0 aliphatic rings. The number of hydrogen-bond donors (Lipinski definition) is 1. The highest BCUT2D eigenvalue weighted by Crippen LogP contribution is 2.31. The van der Waals surface area contributed by atoms with Gasteiger partial charge in [0.05, 0.1) is 0 Å². The zero-order chi connectivity index (χ0) is 15.4. The molecule has 0 atom stereocenters. The fourth-order valence-corrected chi connectivity index (χ4v) is 2.34. The Morgan fingerprint density at radius 3 is 2.43 bits per heavy atom. The summed E-state index contributed by atoms with van der Waals surface area (Å²) in [5.41, 5.74) is 4.90. The van der Waals surface area contributed by atoms with Gasteiger partial charge in [0.1, 0.15) is 11.5 Å². The average molecular weight is 283 g/mol. The van der Waals surface area contributed by atoms with Crippen molar-refractivity contribution in [2.45, 2.75) is 40.2 Å². The van der Waals surface area contributed by atoms with E-state index in [-0.39, 0.29) is 0 Å². The summed E-state index contributed by atoms with van der Waals surface area (Å²) >= 11 is 0. The molecule has 0 aliphatic carbocycles. The maximum Gasteiger partial charge on any atom is 0.131 e. The van der Waals surface area contributed by atoms with Gasteiger partial charge in [-0.15, -0.1) is 0 Å². The quantitative estimate of drug-likeness (QED) is 0.839. The maximum atomic E-state index is 6.20. The molecule has 21 heavy (non-hydrogen) atoms. The zero-order valence-corrected chi connectivity index (χ0v) is 13.7. The molecule has 0 spiro atoms. The third kappa shape index (κ3) is 3.85. The minimum absolute atomic E-state index is 0.503. The van der Waals surface area contributed by atoms with Gasteiger partial charge >= 0.3 is 0 Å². The third-order valence-electron chi connectivity index (χ3n) is 3.68. The largest absolute Gasteiger partial charge is 0.457 e. The van der Waals surface area contributed by atoms with Gasteiger partial charge in [0, 0.05) is 12.1 Å². The minimum Gasteiger partial charge on any atom is -0.457 e. The molecule has 2 aromatic rings. The predicted molar refractivity (Wildman–Crippen MR) is 89.3 cm³/mol. The molecule has 0 radical (unpaired) electrons. The Balaban J connectivity index is 2.35. The van der Waals surface area contributed by atoms with Crippen LogP contribution in [-0.4, -0.2) is 7.05 Å². The lowest BCUT2D eigenvalue weighted by molar-refractivity contribution is 0.469. The van der Waals surface area contributed by atoms with Crippen LogP contribution in [0.3, 0.4) is 0 Å². The van der Waals surface area contributed by atoms with E-state index in [1.807, 2.05) is 7.05 Å². The first-order valence-corrected chi connectivity index (χ1v) is 7.53. The van der Waals surface area contributed by atoms with Gasteiger partial charge in [-0.25, -0.2) is 0 Å². The summed E-state index contributed by atoms with van der Waals surface area (Å²) in [4.78, 5) is 0. The van der Waals surface area contributed by atoms with E-state index in [0.29, 0.717) is 5.92 Å². The monoisotopic (exact) mass is 283 g/mol. The Morgan fingerprint density at radius 2 is 1.76 bits per heavy atom. The Morgan fingerprint density at radius 1 is 1.00 bits per heavy atom. The molecular formula is C19H25NO. The molecule has 0 unspecified atom stereocenters. The van der Waals surface area contributed by atoms with Crippen LogP contribution in [-0.2, 0) is 6.54 Å². The Labute approximate surface area is 128 Å². The van der Waals surface area contributed by atoms with Crippen LogP contribution in [0.15, 0.2) is 36.4 Å². The van der Waals surface area contributed by atoms with Gasteiger partial charge in [0.25, 0.3) is 0 Å². The minimum atomic E-state index is 0.503. The van der Waals surface area contributed by atoms with Crippen molar-refractivity contribution >= 4 is 0 Å². The SMILES string of the molecule is CNCc1cc(C)ccc1Oc1cc(C(C)C)ccc1C. The van der Waals surface area contributed by atoms with Crippen molar-refractivity contribution in [1.29, 1.82) is 0 Å². The highest BCUT2D eigenvalue weighted by atomic mass is 16.5. The van der Waals surface area contributed by atoms with E-state index in [9.17, 15) is 0 Å². The van der Waals surface area contributed by atoms with E-state index < -0.39 is 0 Å². The normalized spacial score (nSPS) is 11.0. The van der Waals surface area contributed by atoms with Crippen LogP contribution in [0.4, 0.5) is 0 Å². The summed E-state index contributed by atoms with van der Waals surface area (Å²) in [6.45, 7) is 9.40. The van der Waals surface area contributed by atoms with Crippen LogP contribution in [0.2, 0.25) is 0 Å². The van der Waals surface area contributed by atoms with Crippen molar-refractivity contribution in [2.75, 3.05) is 7.05 Å². The number of benzene rings is 2. The fraction of sp³-hybridized carbons (Fsp3) is 0.368. The number of aryl methyl sites for hydroxylation is 2. The van der Waals surface area contributed by atoms with Crippen LogP contribution in [0.25, 0.3) is 0 Å². The van der Waals surface area contributed by atoms with Gasteiger partial charge in [-0.3, -0.25) is 0 Å². The van der Waals surface area contributed by atoms with Gasteiger partial charge in [0.15, 0.2) is 0 Å². The van der Waals surface area contributed by atoms with Crippen molar-refractivity contribution in [3.05, 3.63) is 58.7 Å².